The number of nitro benzene ring substituents is 1. The van der Waals surface area contributed by atoms with Crippen LogP contribution in [-0.2, 0) is 0 Å². The summed E-state index contributed by atoms with van der Waals surface area (Å²) in [5, 5.41) is 13.8. The number of rotatable bonds is 7. The number of nitro groups is 1. The highest BCUT2D eigenvalue weighted by molar-refractivity contribution is 6.05. The van der Waals surface area contributed by atoms with E-state index in [1.165, 1.54) is 12.1 Å². The van der Waals surface area contributed by atoms with Crippen LogP contribution < -0.4 is 10.1 Å². The van der Waals surface area contributed by atoms with Crippen molar-refractivity contribution < 1.29 is 14.5 Å². The molecule has 6 nitrogen and oxygen atoms in total. The Kier molecular flexibility index (Phi) is 6.11. The Labute approximate surface area is 147 Å². The number of carbonyl (C=O) groups excluding carboxylic acids is 1. The van der Waals surface area contributed by atoms with Gasteiger partial charge in [-0.15, -0.1) is 0 Å². The summed E-state index contributed by atoms with van der Waals surface area (Å²) in [4.78, 5) is 23.1. The van der Waals surface area contributed by atoms with E-state index in [-0.39, 0.29) is 11.4 Å². The van der Waals surface area contributed by atoms with Crippen LogP contribution in [0.4, 0.5) is 11.4 Å². The van der Waals surface area contributed by atoms with Crippen molar-refractivity contribution in [1.82, 2.24) is 0 Å². The number of ether oxygens (including phenoxy) is 1. The molecular formula is C19H22N2O4. The highest BCUT2D eigenvalue weighted by atomic mass is 16.6. The first-order valence-corrected chi connectivity index (χ1v) is 8.16. The molecule has 0 aliphatic rings. The van der Waals surface area contributed by atoms with Crippen LogP contribution in [-0.4, -0.2) is 17.4 Å². The Morgan fingerprint density at radius 2 is 2.00 bits per heavy atom. The fraction of sp³-hybridized carbons (Fsp3) is 0.316. The number of hydrogen-bond donors (Lipinski definition) is 1. The van der Waals surface area contributed by atoms with Crippen LogP contribution in [0.5, 0.6) is 5.75 Å². The Bertz CT molecular complexity index is 772. The topological polar surface area (TPSA) is 81.5 Å². The molecule has 0 aliphatic heterocycles. The molecule has 132 valence electrons. The molecule has 2 aromatic carbocycles. The van der Waals surface area contributed by atoms with E-state index in [1.54, 1.807) is 37.3 Å². The number of anilines is 1. The van der Waals surface area contributed by atoms with Crippen molar-refractivity contribution in [3.8, 4) is 5.75 Å². The quantitative estimate of drug-likeness (QED) is 0.590. The van der Waals surface area contributed by atoms with Gasteiger partial charge >= 0.3 is 0 Å². The molecule has 0 fully saturated rings. The summed E-state index contributed by atoms with van der Waals surface area (Å²) in [6.07, 6.45) is 0.923. The largest absolute Gasteiger partial charge is 0.494 e. The van der Waals surface area contributed by atoms with Gasteiger partial charge < -0.3 is 10.1 Å². The maximum Gasteiger partial charge on any atom is 0.293 e. The van der Waals surface area contributed by atoms with Crippen molar-refractivity contribution in [1.29, 1.82) is 0 Å². The molecule has 6 heteroatoms. The van der Waals surface area contributed by atoms with Crippen molar-refractivity contribution in [2.45, 2.75) is 27.2 Å². The van der Waals surface area contributed by atoms with Gasteiger partial charge in [0.1, 0.15) is 11.4 Å². The number of hydrogen-bond acceptors (Lipinski definition) is 4. The van der Waals surface area contributed by atoms with E-state index in [2.05, 4.69) is 19.2 Å². The SMILES string of the molecule is Cc1ccc(NC(=O)c2cccc(OCCC(C)C)c2)c([N+](=O)[O-])c1. The van der Waals surface area contributed by atoms with Gasteiger partial charge in [-0.2, -0.15) is 0 Å². The van der Waals surface area contributed by atoms with Gasteiger partial charge in [-0.3, -0.25) is 14.9 Å². The lowest BCUT2D eigenvalue weighted by atomic mass is 10.1. The van der Waals surface area contributed by atoms with Gasteiger partial charge in [-0.25, -0.2) is 0 Å². The first kappa shape index (κ1) is 18.4. The van der Waals surface area contributed by atoms with Gasteiger partial charge in [0.05, 0.1) is 11.5 Å². The van der Waals surface area contributed by atoms with E-state index < -0.39 is 10.8 Å². The Balaban J connectivity index is 2.12. The van der Waals surface area contributed by atoms with E-state index in [1.807, 2.05) is 0 Å². The van der Waals surface area contributed by atoms with Gasteiger partial charge in [0, 0.05) is 11.6 Å². The minimum Gasteiger partial charge on any atom is -0.494 e. The third-order valence-corrected chi connectivity index (χ3v) is 3.66. The lowest BCUT2D eigenvalue weighted by Gasteiger charge is -2.10. The molecule has 1 amide bonds. The molecular weight excluding hydrogens is 320 g/mol. The Morgan fingerprint density at radius 3 is 2.68 bits per heavy atom. The smallest absolute Gasteiger partial charge is 0.293 e. The van der Waals surface area contributed by atoms with E-state index in [0.29, 0.717) is 23.8 Å². The van der Waals surface area contributed by atoms with Crippen molar-refractivity contribution in [3.63, 3.8) is 0 Å². The monoisotopic (exact) mass is 342 g/mol. The Morgan fingerprint density at radius 1 is 1.24 bits per heavy atom. The average Bonchev–Trinajstić information content (AvgIpc) is 2.56. The van der Waals surface area contributed by atoms with Crippen molar-refractivity contribution in [2.24, 2.45) is 5.92 Å². The van der Waals surface area contributed by atoms with E-state index >= 15 is 0 Å². The van der Waals surface area contributed by atoms with Gasteiger partial charge in [0.2, 0.25) is 0 Å². The number of carbonyl (C=O) groups is 1. The first-order chi connectivity index (χ1) is 11.9. The van der Waals surface area contributed by atoms with Gasteiger partial charge in [-0.05, 0) is 49.1 Å². The minimum atomic E-state index is -0.506. The second-order valence-corrected chi connectivity index (χ2v) is 6.29. The Hall–Kier alpha value is -2.89. The summed E-state index contributed by atoms with van der Waals surface area (Å²) < 4.78 is 5.65. The molecule has 0 aromatic heterocycles. The molecule has 0 spiro atoms. The van der Waals surface area contributed by atoms with Gasteiger partial charge in [-0.1, -0.05) is 26.0 Å². The normalized spacial score (nSPS) is 10.6. The third kappa shape index (κ3) is 5.31. The molecule has 0 aliphatic carbocycles. The maximum absolute atomic E-state index is 12.4. The second kappa shape index (κ2) is 8.28. The van der Waals surface area contributed by atoms with Gasteiger partial charge in [0.15, 0.2) is 0 Å². The second-order valence-electron chi connectivity index (χ2n) is 6.29. The van der Waals surface area contributed by atoms with E-state index in [9.17, 15) is 14.9 Å². The van der Waals surface area contributed by atoms with E-state index in [4.69, 9.17) is 4.74 Å². The zero-order valence-corrected chi connectivity index (χ0v) is 14.6. The van der Waals surface area contributed by atoms with Crippen molar-refractivity contribution >= 4 is 17.3 Å². The predicted octanol–water partition coefficient (Wildman–Crippen LogP) is 4.58. The summed E-state index contributed by atoms with van der Waals surface area (Å²) in [7, 11) is 0. The summed E-state index contributed by atoms with van der Waals surface area (Å²) in [6.45, 7) is 6.56. The molecule has 0 unspecified atom stereocenters. The fourth-order valence-electron chi connectivity index (χ4n) is 2.23. The number of benzene rings is 2. The third-order valence-electron chi connectivity index (χ3n) is 3.66. The van der Waals surface area contributed by atoms with Crippen molar-refractivity contribution in [3.05, 3.63) is 63.7 Å². The minimum absolute atomic E-state index is 0.127. The van der Waals surface area contributed by atoms with Gasteiger partial charge in [0.25, 0.3) is 11.6 Å². The summed E-state index contributed by atoms with van der Waals surface area (Å²) in [5.41, 5.74) is 1.19. The summed E-state index contributed by atoms with van der Waals surface area (Å²) in [6, 6.07) is 11.5. The van der Waals surface area contributed by atoms with Crippen LogP contribution >= 0.6 is 0 Å². The predicted molar refractivity (Wildman–Crippen MR) is 97.2 cm³/mol. The lowest BCUT2D eigenvalue weighted by molar-refractivity contribution is -0.384. The highest BCUT2D eigenvalue weighted by Crippen LogP contribution is 2.26. The molecule has 0 saturated heterocycles. The maximum atomic E-state index is 12.4. The zero-order chi connectivity index (χ0) is 18.4. The molecule has 0 bridgehead atoms. The van der Waals surface area contributed by atoms with Crippen LogP contribution in [0, 0.1) is 23.0 Å². The van der Waals surface area contributed by atoms with Crippen LogP contribution in [0.15, 0.2) is 42.5 Å². The number of aryl methyl sites for hydroxylation is 1. The highest BCUT2D eigenvalue weighted by Gasteiger charge is 2.17. The summed E-state index contributed by atoms with van der Waals surface area (Å²) >= 11 is 0. The fourth-order valence-corrected chi connectivity index (χ4v) is 2.23. The summed E-state index contributed by atoms with van der Waals surface area (Å²) in [5.74, 6) is 0.724. The standard InChI is InChI=1S/C19H22N2O4/c1-13(2)9-10-25-16-6-4-5-15(12-16)19(22)20-17-8-7-14(3)11-18(17)21(23)24/h4-8,11-13H,9-10H2,1-3H3,(H,20,22). The molecule has 2 rings (SSSR count). The molecule has 25 heavy (non-hydrogen) atoms. The van der Waals surface area contributed by atoms with Crippen LogP contribution in [0.3, 0.4) is 0 Å². The van der Waals surface area contributed by atoms with E-state index in [0.717, 1.165) is 12.0 Å². The molecule has 0 heterocycles. The lowest BCUT2D eigenvalue weighted by Crippen LogP contribution is -2.13. The average molecular weight is 342 g/mol. The molecule has 0 atom stereocenters. The van der Waals surface area contributed by atoms with Crippen LogP contribution in [0.2, 0.25) is 0 Å². The van der Waals surface area contributed by atoms with Crippen LogP contribution in [0.25, 0.3) is 0 Å². The number of amides is 1. The molecule has 0 radical (unpaired) electrons. The first-order valence-electron chi connectivity index (χ1n) is 8.16. The molecule has 1 N–H and O–H groups in total. The molecule has 2 aromatic rings. The zero-order valence-electron chi connectivity index (χ0n) is 14.6. The number of nitrogens with zero attached hydrogens (tertiary/aromatic N) is 1. The molecule has 0 saturated carbocycles. The van der Waals surface area contributed by atoms with Crippen molar-refractivity contribution in [2.75, 3.05) is 11.9 Å². The number of nitrogens with one attached hydrogen (secondary N) is 1. The van der Waals surface area contributed by atoms with Crippen LogP contribution in [0.1, 0.15) is 36.2 Å².